The van der Waals surface area contributed by atoms with E-state index in [0.29, 0.717) is 54.3 Å². The van der Waals surface area contributed by atoms with Crippen LogP contribution in [-0.2, 0) is 27.4 Å². The number of likely N-dealkylation sites (tertiary alicyclic amines) is 1. The van der Waals surface area contributed by atoms with Gasteiger partial charge in [-0.1, -0.05) is 48.0 Å². The quantitative estimate of drug-likeness (QED) is 0.151. The molecule has 0 bridgehead atoms. The summed E-state index contributed by atoms with van der Waals surface area (Å²) in [7, 11) is 1.58. The number of ketones is 1. The lowest BCUT2D eigenvalue weighted by molar-refractivity contribution is -0.138. The third-order valence-corrected chi connectivity index (χ3v) is 8.14. The Morgan fingerprint density at radius 3 is 2.49 bits per heavy atom. The van der Waals surface area contributed by atoms with Crippen LogP contribution in [0, 0.1) is 0 Å². The number of unbranched alkanes of at least 4 members (excludes halogenated alkanes) is 1. The maximum Gasteiger partial charge on any atom is 0.266 e. The van der Waals surface area contributed by atoms with Gasteiger partial charge in [0.2, 0.25) is 17.6 Å². The number of nitrogens with two attached hydrogens (primary N) is 1. The van der Waals surface area contributed by atoms with Gasteiger partial charge in [-0.2, -0.15) is 0 Å². The predicted molar refractivity (Wildman–Crippen MR) is 170 cm³/mol. The molecule has 1 aliphatic heterocycles. The van der Waals surface area contributed by atoms with Crippen LogP contribution < -0.4 is 15.8 Å². The van der Waals surface area contributed by atoms with Gasteiger partial charge in [0.25, 0.3) is 5.89 Å². The number of para-hydroxylation sites is 2. The molecule has 0 aliphatic carbocycles. The molecule has 5 rings (SSSR count). The first kappa shape index (κ1) is 32.2. The lowest BCUT2D eigenvalue weighted by Gasteiger charge is -2.26. The minimum atomic E-state index is -0.898. The first-order valence-corrected chi connectivity index (χ1v) is 15.4. The minimum absolute atomic E-state index is 0.0720. The molecule has 3 aromatic carbocycles. The van der Waals surface area contributed by atoms with E-state index in [0.717, 1.165) is 11.1 Å². The van der Waals surface area contributed by atoms with Crippen molar-refractivity contribution in [3.8, 4) is 5.75 Å². The van der Waals surface area contributed by atoms with Crippen LogP contribution >= 0.6 is 11.6 Å². The van der Waals surface area contributed by atoms with Gasteiger partial charge in [0, 0.05) is 18.0 Å². The molecule has 2 amide bonds. The summed E-state index contributed by atoms with van der Waals surface area (Å²) < 4.78 is 17.1. The van der Waals surface area contributed by atoms with Crippen molar-refractivity contribution in [2.24, 2.45) is 5.73 Å². The van der Waals surface area contributed by atoms with E-state index in [9.17, 15) is 14.4 Å². The summed E-state index contributed by atoms with van der Waals surface area (Å²) in [4.78, 5) is 47.0. The zero-order valence-electron chi connectivity index (χ0n) is 25.1. The highest BCUT2D eigenvalue weighted by Gasteiger charge is 2.41. The number of fused-ring (bicyclic) bond motifs is 1. The van der Waals surface area contributed by atoms with Crippen molar-refractivity contribution in [1.82, 2.24) is 15.2 Å². The Morgan fingerprint density at radius 1 is 1.04 bits per heavy atom. The summed E-state index contributed by atoms with van der Waals surface area (Å²) in [5, 5.41) is 3.54. The average Bonchev–Trinajstić information content (AvgIpc) is 3.69. The molecule has 1 saturated heterocycles. The summed E-state index contributed by atoms with van der Waals surface area (Å²) in [6, 6.07) is 19.9. The monoisotopic (exact) mass is 632 g/mol. The SMILES string of the molecule is COc1ccc(CC(=O)N2C[C@H](OCc3ccc(Cl)cc3)C[C@H]2C(=O)N[C@@H](CCCCN)C(=O)c2nc3ccccc3o2)cc1. The molecular formula is C34H37ClN4O6. The van der Waals surface area contributed by atoms with Crippen molar-refractivity contribution in [3.05, 3.63) is 94.8 Å². The van der Waals surface area contributed by atoms with Crippen LogP contribution in [0.25, 0.3) is 11.1 Å². The molecular weight excluding hydrogens is 596 g/mol. The normalized spacial score (nSPS) is 16.9. The van der Waals surface area contributed by atoms with Gasteiger partial charge in [-0.25, -0.2) is 4.98 Å². The van der Waals surface area contributed by atoms with Gasteiger partial charge < -0.3 is 29.8 Å². The van der Waals surface area contributed by atoms with E-state index in [4.69, 9.17) is 31.2 Å². The fourth-order valence-corrected chi connectivity index (χ4v) is 5.54. The Kier molecular flexibility index (Phi) is 10.8. The van der Waals surface area contributed by atoms with Crippen LogP contribution in [-0.4, -0.2) is 65.9 Å². The first-order valence-electron chi connectivity index (χ1n) is 15.0. The number of nitrogens with one attached hydrogen (secondary N) is 1. The van der Waals surface area contributed by atoms with Crippen LogP contribution in [0.15, 0.2) is 77.2 Å². The maximum absolute atomic E-state index is 13.9. The van der Waals surface area contributed by atoms with Gasteiger partial charge in [0.15, 0.2) is 5.58 Å². The number of hydrogen-bond acceptors (Lipinski definition) is 8. The third-order valence-electron chi connectivity index (χ3n) is 7.88. The largest absolute Gasteiger partial charge is 0.497 e. The van der Waals surface area contributed by atoms with Crippen LogP contribution in [0.5, 0.6) is 5.75 Å². The number of carbonyl (C=O) groups excluding carboxylic acids is 3. The van der Waals surface area contributed by atoms with Crippen LogP contribution in [0.3, 0.4) is 0 Å². The highest BCUT2D eigenvalue weighted by atomic mass is 35.5. The van der Waals surface area contributed by atoms with E-state index in [1.807, 2.05) is 30.3 Å². The first-order chi connectivity index (χ1) is 21.8. The molecule has 11 heteroatoms. The van der Waals surface area contributed by atoms with Crippen molar-refractivity contribution >= 4 is 40.3 Å². The Morgan fingerprint density at radius 2 is 1.78 bits per heavy atom. The van der Waals surface area contributed by atoms with Crippen molar-refractivity contribution in [1.29, 1.82) is 0 Å². The molecule has 3 atom stereocenters. The van der Waals surface area contributed by atoms with E-state index in [1.54, 1.807) is 54.5 Å². The number of methoxy groups -OCH3 is 1. The molecule has 10 nitrogen and oxygen atoms in total. The fourth-order valence-electron chi connectivity index (χ4n) is 5.41. The molecule has 4 aromatic rings. The molecule has 0 spiro atoms. The van der Waals surface area contributed by atoms with Gasteiger partial charge in [-0.05, 0) is 73.3 Å². The standard InChI is InChI=1S/C34H37ClN4O6/c1-43-25-15-11-22(12-16-25)18-31(40)39-20-26(44-21-23-9-13-24(35)14-10-23)19-29(39)33(42)37-28(7-4-5-17-36)32(41)34-38-27-6-2-3-8-30(27)45-34/h2-3,6,8-16,26,28-29H,4-5,7,17-21,36H2,1H3,(H,37,42)/t26-,28+,29+/m1/s1. The van der Waals surface area contributed by atoms with Crippen molar-refractivity contribution in [2.45, 2.75) is 56.9 Å². The van der Waals surface area contributed by atoms with Crippen LogP contribution in [0.2, 0.25) is 5.02 Å². The summed E-state index contributed by atoms with van der Waals surface area (Å²) in [5.41, 5.74) is 8.46. The molecule has 0 radical (unpaired) electrons. The summed E-state index contributed by atoms with van der Waals surface area (Å²) in [6.07, 6.45) is 1.64. The molecule has 0 saturated carbocycles. The lowest BCUT2D eigenvalue weighted by Crippen LogP contribution is -2.51. The van der Waals surface area contributed by atoms with Gasteiger partial charge in [-0.15, -0.1) is 0 Å². The van der Waals surface area contributed by atoms with Crippen LogP contribution in [0.1, 0.15) is 47.5 Å². The number of halogens is 1. The summed E-state index contributed by atoms with van der Waals surface area (Å²) in [6.45, 7) is 0.993. The number of aromatic nitrogens is 1. The molecule has 0 unspecified atom stereocenters. The topological polar surface area (TPSA) is 137 Å². The smallest absolute Gasteiger partial charge is 0.266 e. The van der Waals surface area contributed by atoms with Crippen LogP contribution in [0.4, 0.5) is 0 Å². The van der Waals surface area contributed by atoms with Gasteiger partial charge >= 0.3 is 0 Å². The van der Waals surface area contributed by atoms with E-state index in [2.05, 4.69) is 10.3 Å². The van der Waals surface area contributed by atoms with Gasteiger partial charge in [-0.3, -0.25) is 14.4 Å². The Balaban J connectivity index is 1.33. The molecule has 1 aliphatic rings. The number of nitrogens with zero attached hydrogens (tertiary/aromatic N) is 2. The van der Waals surface area contributed by atoms with Crippen molar-refractivity contribution < 1.29 is 28.3 Å². The molecule has 3 N–H and O–H groups in total. The predicted octanol–water partition coefficient (Wildman–Crippen LogP) is 4.72. The third kappa shape index (κ3) is 8.27. The number of benzene rings is 3. The number of amides is 2. The second kappa shape index (κ2) is 15.2. The minimum Gasteiger partial charge on any atom is -0.497 e. The van der Waals surface area contributed by atoms with Crippen molar-refractivity contribution in [3.63, 3.8) is 0 Å². The van der Waals surface area contributed by atoms with E-state index < -0.39 is 23.8 Å². The van der Waals surface area contributed by atoms with Crippen molar-refractivity contribution in [2.75, 3.05) is 20.2 Å². The Bertz CT molecular complexity index is 1570. The Hall–Kier alpha value is -4.25. The second-order valence-corrected chi connectivity index (χ2v) is 11.5. The zero-order chi connectivity index (χ0) is 31.8. The highest BCUT2D eigenvalue weighted by molar-refractivity contribution is 6.30. The molecule has 1 fully saturated rings. The summed E-state index contributed by atoms with van der Waals surface area (Å²) >= 11 is 6.02. The zero-order valence-corrected chi connectivity index (χ0v) is 25.9. The molecule has 45 heavy (non-hydrogen) atoms. The number of Topliss-reactive ketones (excluding diaryl/α,β-unsaturated/α-hetero) is 1. The highest BCUT2D eigenvalue weighted by Crippen LogP contribution is 2.25. The van der Waals surface area contributed by atoms with Gasteiger partial charge in [0.05, 0.1) is 32.3 Å². The fraction of sp³-hybridized carbons (Fsp3) is 0.353. The lowest BCUT2D eigenvalue weighted by atomic mass is 10.0. The van der Waals surface area contributed by atoms with E-state index >= 15 is 0 Å². The van der Waals surface area contributed by atoms with Gasteiger partial charge in [0.1, 0.15) is 17.3 Å². The number of ether oxygens (including phenoxy) is 2. The second-order valence-electron chi connectivity index (χ2n) is 11.1. The number of rotatable bonds is 14. The number of carbonyl (C=O) groups is 3. The number of oxazole rings is 1. The average molecular weight is 633 g/mol. The molecule has 236 valence electrons. The maximum atomic E-state index is 13.9. The molecule has 2 heterocycles. The van der Waals surface area contributed by atoms with E-state index in [1.165, 1.54) is 0 Å². The number of hydrogen-bond donors (Lipinski definition) is 2. The Labute approximate surface area is 266 Å². The summed E-state index contributed by atoms with van der Waals surface area (Å²) in [5.74, 6) is -0.469. The molecule has 1 aromatic heterocycles. The van der Waals surface area contributed by atoms with E-state index in [-0.39, 0.29) is 37.3 Å².